The summed E-state index contributed by atoms with van der Waals surface area (Å²) in [7, 11) is -3.63. The van der Waals surface area contributed by atoms with Crippen molar-refractivity contribution in [1.82, 2.24) is 5.16 Å². The van der Waals surface area contributed by atoms with Gasteiger partial charge in [-0.15, -0.1) is 0 Å². The highest BCUT2D eigenvalue weighted by atomic mass is 32.2. The van der Waals surface area contributed by atoms with Gasteiger partial charge in [0.2, 0.25) is 10.0 Å². The molecular formula is C14H14FN3O4S. The third kappa shape index (κ3) is 3.86. The van der Waals surface area contributed by atoms with Crippen molar-refractivity contribution in [2.24, 2.45) is 0 Å². The number of anilines is 2. The fraction of sp³-hybridized carbons (Fsp3) is 0.286. The maximum Gasteiger partial charge on any atom is 0.277 e. The van der Waals surface area contributed by atoms with Gasteiger partial charge in [0, 0.05) is 17.7 Å². The SMILES string of the molecule is CS(=O)(=O)Nc1cc(NC(=O)c2cc(C3CC3)on2)ccc1F. The fourth-order valence-corrected chi connectivity index (χ4v) is 2.59. The van der Waals surface area contributed by atoms with Crippen LogP contribution in [0.2, 0.25) is 0 Å². The molecule has 0 aliphatic heterocycles. The zero-order chi connectivity index (χ0) is 16.6. The van der Waals surface area contributed by atoms with E-state index in [1.165, 1.54) is 12.1 Å². The summed E-state index contributed by atoms with van der Waals surface area (Å²) >= 11 is 0. The molecule has 1 aliphatic carbocycles. The van der Waals surface area contributed by atoms with E-state index in [1.807, 2.05) is 4.72 Å². The van der Waals surface area contributed by atoms with Gasteiger partial charge in [-0.3, -0.25) is 9.52 Å². The Balaban J connectivity index is 1.76. The van der Waals surface area contributed by atoms with Gasteiger partial charge in [0.15, 0.2) is 5.69 Å². The van der Waals surface area contributed by atoms with E-state index in [-0.39, 0.29) is 17.1 Å². The first-order chi connectivity index (χ1) is 10.8. The molecule has 0 bridgehead atoms. The molecule has 2 N–H and O–H groups in total. The summed E-state index contributed by atoms with van der Waals surface area (Å²) < 4.78 is 43.1. The van der Waals surface area contributed by atoms with Crippen LogP contribution in [0.3, 0.4) is 0 Å². The molecule has 0 atom stereocenters. The minimum atomic E-state index is -3.63. The van der Waals surface area contributed by atoms with Crippen LogP contribution in [0.5, 0.6) is 0 Å². The van der Waals surface area contributed by atoms with E-state index in [1.54, 1.807) is 6.07 Å². The van der Waals surface area contributed by atoms with Crippen molar-refractivity contribution in [2.45, 2.75) is 18.8 Å². The number of nitrogens with zero attached hydrogens (tertiary/aromatic N) is 1. The molecule has 1 fully saturated rings. The van der Waals surface area contributed by atoms with Gasteiger partial charge in [-0.25, -0.2) is 12.8 Å². The summed E-state index contributed by atoms with van der Waals surface area (Å²) in [4.78, 5) is 12.1. The second-order valence-corrected chi connectivity index (χ2v) is 7.16. The minimum absolute atomic E-state index is 0.119. The van der Waals surface area contributed by atoms with E-state index in [0.717, 1.165) is 25.2 Å². The summed E-state index contributed by atoms with van der Waals surface area (Å²) in [6.45, 7) is 0. The third-order valence-corrected chi connectivity index (χ3v) is 3.85. The van der Waals surface area contributed by atoms with Gasteiger partial charge in [-0.2, -0.15) is 0 Å². The zero-order valence-electron chi connectivity index (χ0n) is 12.2. The van der Waals surface area contributed by atoms with Crippen molar-refractivity contribution in [3.05, 3.63) is 41.5 Å². The Morgan fingerprint density at radius 1 is 1.35 bits per heavy atom. The second kappa shape index (κ2) is 5.65. The number of hydrogen-bond donors (Lipinski definition) is 2. The second-order valence-electron chi connectivity index (χ2n) is 5.41. The van der Waals surface area contributed by atoms with E-state index >= 15 is 0 Å². The lowest BCUT2D eigenvalue weighted by Gasteiger charge is -2.08. The topological polar surface area (TPSA) is 101 Å². The number of carbonyl (C=O) groups is 1. The largest absolute Gasteiger partial charge is 0.360 e. The molecule has 122 valence electrons. The maximum absolute atomic E-state index is 13.6. The monoisotopic (exact) mass is 339 g/mol. The Bertz CT molecular complexity index is 859. The summed E-state index contributed by atoms with van der Waals surface area (Å²) in [5.74, 6) is -0.252. The van der Waals surface area contributed by atoms with E-state index < -0.39 is 21.7 Å². The van der Waals surface area contributed by atoms with Gasteiger partial charge >= 0.3 is 0 Å². The van der Waals surface area contributed by atoms with Crippen molar-refractivity contribution in [3.63, 3.8) is 0 Å². The molecule has 0 spiro atoms. The van der Waals surface area contributed by atoms with E-state index in [4.69, 9.17) is 4.52 Å². The van der Waals surface area contributed by atoms with E-state index in [0.29, 0.717) is 11.7 Å². The van der Waals surface area contributed by atoms with Crippen LogP contribution in [0.15, 0.2) is 28.8 Å². The Morgan fingerprint density at radius 2 is 2.09 bits per heavy atom. The quantitative estimate of drug-likeness (QED) is 0.870. The highest BCUT2D eigenvalue weighted by Gasteiger charge is 2.28. The molecule has 1 aliphatic rings. The van der Waals surface area contributed by atoms with Crippen LogP contribution in [0.25, 0.3) is 0 Å². The molecule has 3 rings (SSSR count). The number of rotatable bonds is 5. The van der Waals surface area contributed by atoms with E-state index in [9.17, 15) is 17.6 Å². The summed E-state index contributed by atoms with van der Waals surface area (Å²) in [5.41, 5.74) is 0.108. The molecule has 1 heterocycles. The molecule has 1 aromatic carbocycles. The molecule has 9 heteroatoms. The predicted molar refractivity (Wildman–Crippen MR) is 81.3 cm³/mol. The van der Waals surface area contributed by atoms with Gasteiger partial charge in [-0.1, -0.05) is 5.16 Å². The van der Waals surface area contributed by atoms with Crippen molar-refractivity contribution in [3.8, 4) is 0 Å². The maximum atomic E-state index is 13.6. The number of halogens is 1. The molecule has 1 aromatic heterocycles. The number of carbonyl (C=O) groups excluding carboxylic acids is 1. The van der Waals surface area contributed by atoms with Crippen LogP contribution in [0.4, 0.5) is 15.8 Å². The summed E-state index contributed by atoms with van der Waals surface area (Å²) in [6.07, 6.45) is 2.95. The van der Waals surface area contributed by atoms with E-state index in [2.05, 4.69) is 10.5 Å². The Hall–Kier alpha value is -2.42. The molecule has 0 radical (unpaired) electrons. The number of nitrogens with one attached hydrogen (secondary N) is 2. The Morgan fingerprint density at radius 3 is 2.74 bits per heavy atom. The molecule has 7 nitrogen and oxygen atoms in total. The standard InChI is InChI=1S/C14H14FN3O4S/c1-23(20,21)18-11-6-9(4-5-10(11)15)16-14(19)12-7-13(22-17-12)8-2-3-8/h4-8,18H,2-3H2,1H3,(H,16,19). The Kier molecular flexibility index (Phi) is 3.80. The lowest BCUT2D eigenvalue weighted by Crippen LogP contribution is -2.14. The van der Waals surface area contributed by atoms with Crippen LogP contribution >= 0.6 is 0 Å². The summed E-state index contributed by atoms with van der Waals surface area (Å²) in [6, 6.07) is 5.15. The number of benzene rings is 1. The first kappa shape index (κ1) is 15.5. The molecular weight excluding hydrogens is 325 g/mol. The molecule has 0 unspecified atom stereocenters. The van der Waals surface area contributed by atoms with Gasteiger partial charge in [-0.05, 0) is 31.0 Å². The third-order valence-electron chi connectivity index (χ3n) is 3.26. The number of sulfonamides is 1. The number of hydrogen-bond acceptors (Lipinski definition) is 5. The highest BCUT2D eigenvalue weighted by Crippen LogP contribution is 2.40. The first-order valence-corrected chi connectivity index (χ1v) is 8.76. The van der Waals surface area contributed by atoms with Crippen molar-refractivity contribution >= 4 is 27.3 Å². The molecule has 0 saturated heterocycles. The number of amides is 1. The molecule has 1 saturated carbocycles. The van der Waals surface area contributed by atoms with Gasteiger partial charge in [0.25, 0.3) is 5.91 Å². The molecule has 23 heavy (non-hydrogen) atoms. The summed E-state index contributed by atoms with van der Waals surface area (Å²) in [5, 5.41) is 6.22. The van der Waals surface area contributed by atoms with Crippen LogP contribution in [-0.2, 0) is 10.0 Å². The molecule has 1 amide bonds. The smallest absolute Gasteiger partial charge is 0.277 e. The zero-order valence-corrected chi connectivity index (χ0v) is 13.0. The normalized spacial score (nSPS) is 14.5. The molecule has 2 aromatic rings. The lowest BCUT2D eigenvalue weighted by atomic mass is 10.2. The fourth-order valence-electron chi connectivity index (χ4n) is 2.03. The van der Waals surface area contributed by atoms with Crippen molar-refractivity contribution < 1.29 is 22.1 Å². The van der Waals surface area contributed by atoms with Crippen LogP contribution in [-0.4, -0.2) is 25.7 Å². The van der Waals surface area contributed by atoms with Crippen molar-refractivity contribution in [1.29, 1.82) is 0 Å². The average molecular weight is 339 g/mol. The highest BCUT2D eigenvalue weighted by molar-refractivity contribution is 7.92. The predicted octanol–water partition coefficient (Wildman–Crippen LogP) is 2.31. The lowest BCUT2D eigenvalue weighted by molar-refractivity contribution is 0.101. The van der Waals surface area contributed by atoms with Crippen molar-refractivity contribution in [2.75, 3.05) is 16.3 Å². The van der Waals surface area contributed by atoms with Crippen LogP contribution in [0.1, 0.15) is 35.0 Å². The van der Waals surface area contributed by atoms with Crippen LogP contribution < -0.4 is 10.0 Å². The average Bonchev–Trinajstić information content (AvgIpc) is 3.18. The minimum Gasteiger partial charge on any atom is -0.360 e. The van der Waals surface area contributed by atoms with Gasteiger partial charge < -0.3 is 9.84 Å². The number of aromatic nitrogens is 1. The van der Waals surface area contributed by atoms with Crippen LogP contribution in [0, 0.1) is 5.82 Å². The van der Waals surface area contributed by atoms with Gasteiger partial charge in [0.05, 0.1) is 11.9 Å². The van der Waals surface area contributed by atoms with Gasteiger partial charge in [0.1, 0.15) is 11.6 Å². The first-order valence-electron chi connectivity index (χ1n) is 6.87. The Labute approximate surface area is 131 Å².